The predicted molar refractivity (Wildman–Crippen MR) is 73.9 cm³/mol. The summed E-state index contributed by atoms with van der Waals surface area (Å²) >= 11 is 0. The fourth-order valence-electron chi connectivity index (χ4n) is 1.94. The van der Waals surface area contributed by atoms with Crippen molar-refractivity contribution in [3.63, 3.8) is 0 Å². The molecular formula is C13H18N4O2. The zero-order valence-corrected chi connectivity index (χ0v) is 10.8. The van der Waals surface area contributed by atoms with Gasteiger partial charge in [0.05, 0.1) is 25.0 Å². The molecule has 6 nitrogen and oxygen atoms in total. The van der Waals surface area contributed by atoms with Crippen LogP contribution in [0.5, 0.6) is 5.75 Å². The van der Waals surface area contributed by atoms with Gasteiger partial charge in [-0.15, -0.1) is 0 Å². The summed E-state index contributed by atoms with van der Waals surface area (Å²) in [5.74, 6) is 1.11. The van der Waals surface area contributed by atoms with E-state index in [-0.39, 0.29) is 6.61 Å². The van der Waals surface area contributed by atoms with Gasteiger partial charge in [0.2, 0.25) is 0 Å². The molecule has 0 spiro atoms. The minimum absolute atomic E-state index is 0.0119. The lowest BCUT2D eigenvalue weighted by Crippen LogP contribution is -2.09. The number of aromatic nitrogens is 2. The average molecular weight is 262 g/mol. The number of nitrogen functional groups attached to an aromatic ring is 2. The molecular weight excluding hydrogens is 244 g/mol. The summed E-state index contributed by atoms with van der Waals surface area (Å²) in [7, 11) is 1.63. The van der Waals surface area contributed by atoms with Crippen molar-refractivity contribution in [1.29, 1.82) is 0 Å². The minimum Gasteiger partial charge on any atom is -0.497 e. The molecule has 0 saturated heterocycles. The molecule has 0 radical (unpaired) electrons. The first-order valence-electron chi connectivity index (χ1n) is 6.00. The predicted octanol–water partition coefficient (Wildman–Crippen LogP) is 0.639. The Hall–Kier alpha value is -2.21. The molecule has 0 aliphatic rings. The van der Waals surface area contributed by atoms with Crippen LogP contribution in [0, 0.1) is 0 Å². The summed E-state index contributed by atoms with van der Waals surface area (Å²) in [6.45, 7) is 0.568. The number of aliphatic hydroxyl groups excluding tert-OH is 1. The molecule has 1 aromatic carbocycles. The summed E-state index contributed by atoms with van der Waals surface area (Å²) in [4.78, 5) is 0. The third-order valence-electron chi connectivity index (χ3n) is 2.97. The molecule has 2 rings (SSSR count). The van der Waals surface area contributed by atoms with Gasteiger partial charge in [-0.05, 0) is 17.7 Å². The van der Waals surface area contributed by atoms with Gasteiger partial charge in [0.15, 0.2) is 5.82 Å². The summed E-state index contributed by atoms with van der Waals surface area (Å²) in [5.41, 5.74) is 13.8. The van der Waals surface area contributed by atoms with Gasteiger partial charge in [-0.3, -0.25) is 4.68 Å². The monoisotopic (exact) mass is 262 g/mol. The van der Waals surface area contributed by atoms with Gasteiger partial charge in [-0.2, -0.15) is 5.10 Å². The first-order valence-corrected chi connectivity index (χ1v) is 6.00. The number of methoxy groups -OCH3 is 1. The van der Waals surface area contributed by atoms with E-state index < -0.39 is 0 Å². The molecule has 0 fully saturated rings. The molecule has 6 heteroatoms. The Morgan fingerprint density at radius 1 is 1.26 bits per heavy atom. The van der Waals surface area contributed by atoms with Gasteiger partial charge in [0.25, 0.3) is 0 Å². The molecule has 2 aromatic rings. The zero-order chi connectivity index (χ0) is 13.8. The Labute approximate surface area is 111 Å². The number of anilines is 2. The van der Waals surface area contributed by atoms with Gasteiger partial charge in [0, 0.05) is 13.0 Å². The summed E-state index contributed by atoms with van der Waals surface area (Å²) in [6.07, 6.45) is 0.437. The first kappa shape index (κ1) is 13.2. The Bertz CT molecular complexity index is 549. The lowest BCUT2D eigenvalue weighted by Gasteiger charge is -2.08. The number of aliphatic hydroxyl groups is 1. The quantitative estimate of drug-likeness (QED) is 0.734. The van der Waals surface area contributed by atoms with Crippen molar-refractivity contribution >= 4 is 11.5 Å². The highest BCUT2D eigenvalue weighted by Crippen LogP contribution is 2.21. The molecule has 0 bridgehead atoms. The highest BCUT2D eigenvalue weighted by molar-refractivity contribution is 5.61. The number of hydrogen-bond acceptors (Lipinski definition) is 5. The van der Waals surface area contributed by atoms with Crippen LogP contribution in [0.3, 0.4) is 0 Å². The van der Waals surface area contributed by atoms with E-state index in [2.05, 4.69) is 5.10 Å². The van der Waals surface area contributed by atoms with E-state index in [1.807, 2.05) is 24.3 Å². The smallest absolute Gasteiger partial charge is 0.169 e. The molecule has 0 amide bonds. The zero-order valence-electron chi connectivity index (χ0n) is 10.8. The van der Waals surface area contributed by atoms with Gasteiger partial charge >= 0.3 is 0 Å². The second-order valence-electron chi connectivity index (χ2n) is 4.22. The molecule has 1 heterocycles. The van der Waals surface area contributed by atoms with Crippen molar-refractivity contribution in [3.05, 3.63) is 35.5 Å². The van der Waals surface area contributed by atoms with E-state index in [1.165, 1.54) is 0 Å². The van der Waals surface area contributed by atoms with Crippen LogP contribution in [-0.4, -0.2) is 28.6 Å². The molecule has 102 valence electrons. The molecule has 5 N–H and O–H groups in total. The average Bonchev–Trinajstić information content (AvgIpc) is 2.68. The van der Waals surface area contributed by atoms with E-state index in [0.29, 0.717) is 24.5 Å². The number of rotatable bonds is 5. The molecule has 19 heavy (non-hydrogen) atoms. The van der Waals surface area contributed by atoms with Crippen LogP contribution < -0.4 is 16.2 Å². The highest BCUT2D eigenvalue weighted by atomic mass is 16.5. The van der Waals surface area contributed by atoms with Gasteiger partial charge in [-0.1, -0.05) is 12.1 Å². The normalized spacial score (nSPS) is 10.6. The highest BCUT2D eigenvalue weighted by Gasteiger charge is 2.12. The van der Waals surface area contributed by atoms with E-state index in [1.54, 1.807) is 11.8 Å². The largest absolute Gasteiger partial charge is 0.497 e. The molecule has 0 atom stereocenters. The Kier molecular flexibility index (Phi) is 3.91. The van der Waals surface area contributed by atoms with Gasteiger partial charge < -0.3 is 21.3 Å². The van der Waals surface area contributed by atoms with Crippen LogP contribution in [0.25, 0.3) is 0 Å². The molecule has 0 aliphatic heterocycles. The van der Waals surface area contributed by atoms with Crippen LogP contribution >= 0.6 is 0 Å². The SMILES string of the molecule is COc1ccc(Cn2nc(N)c(N)c2CCO)cc1. The first-order chi connectivity index (χ1) is 9.15. The lowest BCUT2D eigenvalue weighted by molar-refractivity contribution is 0.296. The molecule has 0 aliphatic carbocycles. The van der Waals surface area contributed by atoms with Crippen LogP contribution in [0.4, 0.5) is 11.5 Å². The summed E-state index contributed by atoms with van der Waals surface area (Å²) in [6, 6.07) is 7.68. The number of hydrogen-bond donors (Lipinski definition) is 3. The van der Waals surface area contributed by atoms with E-state index in [4.69, 9.17) is 21.3 Å². The maximum Gasteiger partial charge on any atom is 0.169 e. The topological polar surface area (TPSA) is 99.3 Å². The fraction of sp³-hybridized carbons (Fsp3) is 0.308. The third-order valence-corrected chi connectivity index (χ3v) is 2.97. The summed E-state index contributed by atoms with van der Waals surface area (Å²) < 4.78 is 6.83. The Morgan fingerprint density at radius 2 is 1.95 bits per heavy atom. The second-order valence-corrected chi connectivity index (χ2v) is 4.22. The van der Waals surface area contributed by atoms with Crippen molar-refractivity contribution in [2.24, 2.45) is 0 Å². The van der Waals surface area contributed by atoms with Crippen LogP contribution in [0.15, 0.2) is 24.3 Å². The van der Waals surface area contributed by atoms with Crippen LogP contribution in [-0.2, 0) is 13.0 Å². The fourth-order valence-corrected chi connectivity index (χ4v) is 1.94. The van der Waals surface area contributed by atoms with Crippen LogP contribution in [0.1, 0.15) is 11.3 Å². The van der Waals surface area contributed by atoms with E-state index in [9.17, 15) is 0 Å². The van der Waals surface area contributed by atoms with Crippen molar-refractivity contribution in [3.8, 4) is 5.75 Å². The van der Waals surface area contributed by atoms with Crippen molar-refractivity contribution in [2.45, 2.75) is 13.0 Å². The van der Waals surface area contributed by atoms with Gasteiger partial charge in [-0.25, -0.2) is 0 Å². The summed E-state index contributed by atoms with van der Waals surface area (Å²) in [5, 5.41) is 13.3. The standard InChI is InChI=1S/C13H18N4O2/c1-19-10-4-2-9(3-5-10)8-17-11(6-7-18)12(14)13(15)16-17/h2-5,18H,6-8,14H2,1H3,(H2,15,16). The lowest BCUT2D eigenvalue weighted by atomic mass is 10.2. The Balaban J connectivity index is 2.24. The van der Waals surface area contributed by atoms with Gasteiger partial charge in [0.1, 0.15) is 5.75 Å². The van der Waals surface area contributed by atoms with E-state index >= 15 is 0 Å². The van der Waals surface area contributed by atoms with Crippen molar-refractivity contribution in [1.82, 2.24) is 9.78 Å². The molecule has 1 aromatic heterocycles. The maximum atomic E-state index is 9.06. The number of nitrogens with two attached hydrogens (primary N) is 2. The minimum atomic E-state index is 0.0119. The number of nitrogens with zero attached hydrogens (tertiary/aromatic N) is 2. The second kappa shape index (κ2) is 5.62. The molecule has 0 unspecified atom stereocenters. The molecule has 0 saturated carbocycles. The third kappa shape index (κ3) is 2.79. The Morgan fingerprint density at radius 3 is 2.53 bits per heavy atom. The maximum absolute atomic E-state index is 9.06. The van der Waals surface area contributed by atoms with E-state index in [0.717, 1.165) is 17.0 Å². The van der Waals surface area contributed by atoms with Crippen molar-refractivity contribution < 1.29 is 9.84 Å². The van der Waals surface area contributed by atoms with Crippen LogP contribution in [0.2, 0.25) is 0 Å². The number of benzene rings is 1. The van der Waals surface area contributed by atoms with Crippen molar-refractivity contribution in [2.75, 3.05) is 25.2 Å². The number of ether oxygens (including phenoxy) is 1.